The fourth-order valence-electron chi connectivity index (χ4n) is 2.00. The van der Waals surface area contributed by atoms with Crippen molar-refractivity contribution in [1.29, 1.82) is 0 Å². The van der Waals surface area contributed by atoms with E-state index in [1.807, 2.05) is 6.07 Å². The van der Waals surface area contributed by atoms with Gasteiger partial charge in [-0.3, -0.25) is 5.10 Å². The third-order valence-corrected chi connectivity index (χ3v) is 2.94. The van der Waals surface area contributed by atoms with Crippen LogP contribution in [0.15, 0.2) is 18.3 Å². The second-order valence-corrected chi connectivity index (χ2v) is 4.09. The van der Waals surface area contributed by atoms with Gasteiger partial charge in [0, 0.05) is 5.39 Å². The number of hydrogen-bond donors (Lipinski definition) is 3. The SMILES string of the molecule is OB(O)c1cc2[nH]ncc2cc1C1CC1. The third kappa shape index (κ3) is 1.44. The highest BCUT2D eigenvalue weighted by Crippen LogP contribution is 2.40. The second kappa shape index (κ2) is 3.08. The number of rotatable bonds is 2. The summed E-state index contributed by atoms with van der Waals surface area (Å²) in [5, 5.41) is 26.4. The first kappa shape index (κ1) is 8.94. The van der Waals surface area contributed by atoms with Crippen molar-refractivity contribution in [1.82, 2.24) is 10.2 Å². The smallest absolute Gasteiger partial charge is 0.423 e. The molecule has 76 valence electrons. The van der Waals surface area contributed by atoms with Crippen molar-refractivity contribution >= 4 is 23.5 Å². The van der Waals surface area contributed by atoms with E-state index < -0.39 is 7.12 Å². The molecule has 0 atom stereocenters. The standard InChI is InChI=1S/C10H11BN2O2/c14-11(15)9-4-10-7(5-12-13-10)3-8(9)6-1-2-6/h3-6,14-15H,1-2H2,(H,12,13). The summed E-state index contributed by atoms with van der Waals surface area (Å²) >= 11 is 0. The van der Waals surface area contributed by atoms with Gasteiger partial charge in [0.25, 0.3) is 0 Å². The lowest BCUT2D eigenvalue weighted by Crippen LogP contribution is -2.32. The van der Waals surface area contributed by atoms with Crippen LogP contribution in [0.5, 0.6) is 0 Å². The van der Waals surface area contributed by atoms with Gasteiger partial charge in [-0.1, -0.05) is 0 Å². The van der Waals surface area contributed by atoms with Gasteiger partial charge in [-0.2, -0.15) is 5.10 Å². The summed E-state index contributed by atoms with van der Waals surface area (Å²) in [7, 11) is -1.40. The summed E-state index contributed by atoms with van der Waals surface area (Å²) in [5.41, 5.74) is 2.51. The van der Waals surface area contributed by atoms with Crippen LogP contribution in [0.4, 0.5) is 0 Å². The number of H-pyrrole nitrogens is 1. The van der Waals surface area contributed by atoms with E-state index in [1.165, 1.54) is 0 Å². The molecule has 2 aromatic rings. The van der Waals surface area contributed by atoms with Crippen molar-refractivity contribution in [2.75, 3.05) is 0 Å². The van der Waals surface area contributed by atoms with E-state index in [9.17, 15) is 10.0 Å². The maximum Gasteiger partial charge on any atom is 0.488 e. The van der Waals surface area contributed by atoms with E-state index in [0.717, 1.165) is 29.3 Å². The number of nitrogens with one attached hydrogen (secondary N) is 1. The molecule has 0 bridgehead atoms. The molecule has 3 N–H and O–H groups in total. The van der Waals surface area contributed by atoms with Crippen molar-refractivity contribution in [2.24, 2.45) is 0 Å². The zero-order valence-electron chi connectivity index (χ0n) is 8.14. The molecule has 1 aromatic carbocycles. The molecular formula is C10H11BN2O2. The highest BCUT2D eigenvalue weighted by Gasteiger charge is 2.29. The summed E-state index contributed by atoms with van der Waals surface area (Å²) in [6, 6.07) is 3.78. The molecule has 1 heterocycles. The van der Waals surface area contributed by atoms with Crippen molar-refractivity contribution in [3.8, 4) is 0 Å². The van der Waals surface area contributed by atoms with Gasteiger partial charge in [-0.15, -0.1) is 0 Å². The molecule has 3 rings (SSSR count). The minimum Gasteiger partial charge on any atom is -0.423 e. The van der Waals surface area contributed by atoms with Gasteiger partial charge < -0.3 is 10.0 Å². The fraction of sp³-hybridized carbons (Fsp3) is 0.300. The predicted octanol–water partition coefficient (Wildman–Crippen LogP) is 0.120. The Morgan fingerprint density at radius 1 is 1.33 bits per heavy atom. The van der Waals surface area contributed by atoms with Crippen molar-refractivity contribution in [3.63, 3.8) is 0 Å². The van der Waals surface area contributed by atoms with Gasteiger partial charge in [-0.25, -0.2) is 0 Å². The minimum absolute atomic E-state index is 0.501. The Kier molecular flexibility index (Phi) is 1.84. The lowest BCUT2D eigenvalue weighted by molar-refractivity contribution is 0.425. The van der Waals surface area contributed by atoms with Crippen molar-refractivity contribution in [3.05, 3.63) is 23.9 Å². The molecule has 1 saturated carbocycles. The lowest BCUT2D eigenvalue weighted by Gasteiger charge is -2.07. The van der Waals surface area contributed by atoms with E-state index in [0.29, 0.717) is 11.4 Å². The fourth-order valence-corrected chi connectivity index (χ4v) is 2.00. The third-order valence-electron chi connectivity index (χ3n) is 2.94. The first-order valence-electron chi connectivity index (χ1n) is 5.09. The van der Waals surface area contributed by atoms with Gasteiger partial charge >= 0.3 is 7.12 Å². The lowest BCUT2D eigenvalue weighted by atomic mass is 9.75. The van der Waals surface area contributed by atoms with Crippen LogP contribution in [0.3, 0.4) is 0 Å². The summed E-state index contributed by atoms with van der Waals surface area (Å²) in [6.07, 6.45) is 4.04. The van der Waals surface area contributed by atoms with E-state index in [4.69, 9.17) is 0 Å². The molecule has 0 amide bonds. The molecule has 0 spiro atoms. The molecule has 15 heavy (non-hydrogen) atoms. The highest BCUT2D eigenvalue weighted by molar-refractivity contribution is 6.59. The van der Waals surface area contributed by atoms with Crippen LogP contribution in [0.1, 0.15) is 24.3 Å². The number of aromatic amines is 1. The normalized spacial score (nSPS) is 15.9. The van der Waals surface area contributed by atoms with Crippen LogP contribution >= 0.6 is 0 Å². The van der Waals surface area contributed by atoms with Gasteiger partial charge in [0.2, 0.25) is 0 Å². The van der Waals surface area contributed by atoms with Gasteiger partial charge in [0.15, 0.2) is 0 Å². The first-order valence-corrected chi connectivity index (χ1v) is 5.09. The molecule has 0 aliphatic heterocycles. The summed E-state index contributed by atoms with van der Waals surface area (Å²) < 4.78 is 0. The van der Waals surface area contributed by atoms with Crippen LogP contribution in [0.25, 0.3) is 10.9 Å². The topological polar surface area (TPSA) is 69.1 Å². The van der Waals surface area contributed by atoms with E-state index >= 15 is 0 Å². The highest BCUT2D eigenvalue weighted by atomic mass is 16.4. The number of nitrogens with zero attached hydrogens (tertiary/aromatic N) is 1. The maximum absolute atomic E-state index is 9.30. The molecular weight excluding hydrogens is 191 g/mol. The van der Waals surface area contributed by atoms with E-state index in [1.54, 1.807) is 12.3 Å². The predicted molar refractivity (Wildman–Crippen MR) is 57.9 cm³/mol. The van der Waals surface area contributed by atoms with Gasteiger partial charge in [0.05, 0.1) is 11.7 Å². The quantitative estimate of drug-likeness (QED) is 0.605. The van der Waals surface area contributed by atoms with Crippen LogP contribution in [-0.2, 0) is 0 Å². The Balaban J connectivity index is 2.23. The zero-order chi connectivity index (χ0) is 10.4. The zero-order valence-corrected chi connectivity index (χ0v) is 8.14. The van der Waals surface area contributed by atoms with Gasteiger partial charge in [0.1, 0.15) is 0 Å². The van der Waals surface area contributed by atoms with Crippen LogP contribution in [0, 0.1) is 0 Å². The van der Waals surface area contributed by atoms with Crippen LogP contribution in [0.2, 0.25) is 0 Å². The molecule has 1 aromatic heterocycles. The first-order chi connectivity index (χ1) is 7.25. The second-order valence-electron chi connectivity index (χ2n) is 4.09. The van der Waals surface area contributed by atoms with Crippen molar-refractivity contribution in [2.45, 2.75) is 18.8 Å². The number of benzene rings is 1. The number of hydrogen-bond acceptors (Lipinski definition) is 3. The van der Waals surface area contributed by atoms with E-state index in [-0.39, 0.29) is 0 Å². The minimum atomic E-state index is -1.40. The summed E-state index contributed by atoms with van der Waals surface area (Å²) in [5.74, 6) is 0.501. The summed E-state index contributed by atoms with van der Waals surface area (Å²) in [6.45, 7) is 0. The van der Waals surface area contributed by atoms with E-state index in [2.05, 4.69) is 10.2 Å². The molecule has 4 nitrogen and oxygen atoms in total. The number of fused-ring (bicyclic) bond motifs is 1. The average Bonchev–Trinajstić information content (AvgIpc) is 2.95. The van der Waals surface area contributed by atoms with Gasteiger partial charge in [-0.05, 0) is 41.9 Å². The maximum atomic E-state index is 9.30. The summed E-state index contributed by atoms with van der Waals surface area (Å²) in [4.78, 5) is 0. The Morgan fingerprint density at radius 2 is 2.13 bits per heavy atom. The monoisotopic (exact) mass is 202 g/mol. The van der Waals surface area contributed by atoms with Crippen LogP contribution < -0.4 is 5.46 Å². The Morgan fingerprint density at radius 3 is 2.80 bits per heavy atom. The largest absolute Gasteiger partial charge is 0.488 e. The molecule has 0 saturated heterocycles. The average molecular weight is 202 g/mol. The molecule has 1 aliphatic rings. The Hall–Kier alpha value is -1.33. The Labute approximate surface area is 87.1 Å². The Bertz CT molecular complexity index is 469. The molecule has 0 unspecified atom stereocenters. The van der Waals surface area contributed by atoms with Crippen LogP contribution in [-0.4, -0.2) is 27.4 Å². The molecule has 0 radical (unpaired) electrons. The molecule has 5 heteroatoms. The van der Waals surface area contributed by atoms with Crippen molar-refractivity contribution < 1.29 is 10.0 Å². The molecule has 1 aliphatic carbocycles. The molecule has 1 fully saturated rings. The number of aromatic nitrogens is 2.